The van der Waals surface area contributed by atoms with Crippen LogP contribution in [0.2, 0.25) is 0 Å². The van der Waals surface area contributed by atoms with Gasteiger partial charge in [0, 0.05) is 39.1 Å². The van der Waals surface area contributed by atoms with E-state index < -0.39 is 0 Å². The molecule has 25 heavy (non-hydrogen) atoms. The average molecular weight is 341 g/mol. The quantitative estimate of drug-likeness (QED) is 0.770. The Balaban J connectivity index is 1.78. The van der Waals surface area contributed by atoms with E-state index in [2.05, 4.69) is 25.5 Å². The van der Waals surface area contributed by atoms with Crippen LogP contribution in [0.4, 0.5) is 17.3 Å². The predicted molar refractivity (Wildman–Crippen MR) is 98.0 cm³/mol. The van der Waals surface area contributed by atoms with Gasteiger partial charge in [-0.15, -0.1) is 0 Å². The fourth-order valence-corrected chi connectivity index (χ4v) is 3.05. The van der Waals surface area contributed by atoms with Crippen molar-refractivity contribution in [3.8, 4) is 0 Å². The Labute approximate surface area is 147 Å². The van der Waals surface area contributed by atoms with Gasteiger partial charge >= 0.3 is 0 Å². The molecular weight excluding hydrogens is 318 g/mol. The summed E-state index contributed by atoms with van der Waals surface area (Å²) >= 11 is 0. The van der Waals surface area contributed by atoms with Gasteiger partial charge < -0.3 is 20.6 Å². The summed E-state index contributed by atoms with van der Waals surface area (Å²) in [7, 11) is 1.74. The lowest BCUT2D eigenvalue weighted by Gasteiger charge is -2.33. The number of anilines is 3. The molecule has 1 amide bonds. The number of rotatable bonds is 5. The summed E-state index contributed by atoms with van der Waals surface area (Å²) in [5.74, 6) is 1.43. The Morgan fingerprint density at radius 3 is 2.68 bits per heavy atom. The summed E-state index contributed by atoms with van der Waals surface area (Å²) in [5.41, 5.74) is 1.17. The lowest BCUT2D eigenvalue weighted by atomic mass is 9.98. The molecule has 2 aromatic rings. The molecule has 2 aromatic heterocycles. The number of aromatic nitrogens is 2. The van der Waals surface area contributed by atoms with Gasteiger partial charge in [-0.05, 0) is 43.0 Å². The molecule has 0 atom stereocenters. The Bertz CT molecular complexity index is 729. The molecule has 1 saturated heterocycles. The van der Waals surface area contributed by atoms with Crippen molar-refractivity contribution in [1.82, 2.24) is 9.97 Å². The maximum Gasteiger partial charge on any atom is 0.259 e. The highest BCUT2D eigenvalue weighted by Crippen LogP contribution is 2.28. The van der Waals surface area contributed by atoms with Crippen LogP contribution in [0.1, 0.15) is 23.2 Å². The summed E-state index contributed by atoms with van der Waals surface area (Å²) in [5, 5.41) is 15.2. The van der Waals surface area contributed by atoms with Crippen molar-refractivity contribution in [3.63, 3.8) is 0 Å². The largest absolute Gasteiger partial charge is 0.396 e. The van der Waals surface area contributed by atoms with E-state index in [0.29, 0.717) is 23.0 Å². The normalized spacial score (nSPS) is 15.0. The van der Waals surface area contributed by atoms with Gasteiger partial charge in [-0.3, -0.25) is 4.79 Å². The van der Waals surface area contributed by atoms with Crippen molar-refractivity contribution in [2.45, 2.75) is 12.8 Å². The zero-order valence-corrected chi connectivity index (χ0v) is 14.3. The van der Waals surface area contributed by atoms with Gasteiger partial charge in [0.25, 0.3) is 5.91 Å². The minimum Gasteiger partial charge on any atom is -0.396 e. The maximum atomic E-state index is 12.7. The number of carbonyl (C=O) groups excluding carboxylic acids is 1. The fraction of sp³-hybridized carbons (Fsp3) is 0.389. The van der Waals surface area contributed by atoms with E-state index in [4.69, 9.17) is 0 Å². The van der Waals surface area contributed by atoms with Crippen LogP contribution >= 0.6 is 0 Å². The molecule has 7 nitrogen and oxygen atoms in total. The number of aliphatic hydroxyl groups is 1. The zero-order chi connectivity index (χ0) is 17.6. The van der Waals surface area contributed by atoms with Crippen LogP contribution in [0.25, 0.3) is 0 Å². The number of hydrogen-bond donors (Lipinski definition) is 3. The lowest BCUT2D eigenvalue weighted by Crippen LogP contribution is -2.36. The second kappa shape index (κ2) is 7.94. The van der Waals surface area contributed by atoms with Crippen molar-refractivity contribution >= 4 is 23.2 Å². The molecule has 0 radical (unpaired) electrons. The minimum absolute atomic E-state index is 0.225. The second-order valence-electron chi connectivity index (χ2n) is 6.09. The van der Waals surface area contributed by atoms with E-state index in [1.807, 2.05) is 12.1 Å². The number of amides is 1. The molecule has 0 unspecified atom stereocenters. The number of carbonyl (C=O) groups is 1. The van der Waals surface area contributed by atoms with Crippen molar-refractivity contribution < 1.29 is 9.90 Å². The van der Waals surface area contributed by atoms with Gasteiger partial charge in [0.1, 0.15) is 5.82 Å². The first-order valence-corrected chi connectivity index (χ1v) is 8.48. The summed E-state index contributed by atoms with van der Waals surface area (Å²) in [4.78, 5) is 23.4. The first kappa shape index (κ1) is 17.2. The fourth-order valence-electron chi connectivity index (χ4n) is 3.05. The van der Waals surface area contributed by atoms with Gasteiger partial charge in [-0.1, -0.05) is 0 Å². The van der Waals surface area contributed by atoms with E-state index in [0.717, 1.165) is 31.7 Å². The Kier molecular flexibility index (Phi) is 5.45. The molecule has 1 aliphatic heterocycles. The van der Waals surface area contributed by atoms with Gasteiger partial charge in [0.15, 0.2) is 5.82 Å². The molecule has 132 valence electrons. The molecule has 1 aliphatic rings. The topological polar surface area (TPSA) is 90.4 Å². The number of piperidine rings is 1. The van der Waals surface area contributed by atoms with Crippen molar-refractivity contribution in [2.75, 3.05) is 42.3 Å². The summed E-state index contributed by atoms with van der Waals surface area (Å²) in [6.07, 6.45) is 5.22. The van der Waals surface area contributed by atoms with Crippen LogP contribution in [-0.4, -0.2) is 47.7 Å². The summed E-state index contributed by atoms with van der Waals surface area (Å²) < 4.78 is 0. The van der Waals surface area contributed by atoms with E-state index in [1.54, 1.807) is 31.6 Å². The Morgan fingerprint density at radius 2 is 1.96 bits per heavy atom. The molecule has 0 bridgehead atoms. The van der Waals surface area contributed by atoms with Crippen molar-refractivity contribution in [2.24, 2.45) is 5.92 Å². The number of pyridine rings is 2. The molecule has 3 heterocycles. The highest BCUT2D eigenvalue weighted by molar-refractivity contribution is 6.08. The molecule has 0 aliphatic carbocycles. The number of nitrogens with zero attached hydrogens (tertiary/aromatic N) is 3. The highest BCUT2D eigenvalue weighted by atomic mass is 16.3. The highest BCUT2D eigenvalue weighted by Gasteiger charge is 2.22. The van der Waals surface area contributed by atoms with Crippen LogP contribution in [-0.2, 0) is 0 Å². The summed E-state index contributed by atoms with van der Waals surface area (Å²) in [6.45, 7) is 1.87. The molecule has 1 fully saturated rings. The van der Waals surface area contributed by atoms with Gasteiger partial charge in [-0.2, -0.15) is 0 Å². The van der Waals surface area contributed by atoms with Crippen LogP contribution < -0.4 is 15.5 Å². The van der Waals surface area contributed by atoms with E-state index in [-0.39, 0.29) is 12.5 Å². The van der Waals surface area contributed by atoms with Crippen LogP contribution in [0, 0.1) is 5.92 Å². The smallest absolute Gasteiger partial charge is 0.259 e. The van der Waals surface area contributed by atoms with Gasteiger partial charge in [0.2, 0.25) is 0 Å². The van der Waals surface area contributed by atoms with Gasteiger partial charge in [0.05, 0.1) is 11.3 Å². The monoisotopic (exact) mass is 341 g/mol. The van der Waals surface area contributed by atoms with Crippen molar-refractivity contribution in [1.29, 1.82) is 0 Å². The zero-order valence-electron chi connectivity index (χ0n) is 14.3. The SMILES string of the molecule is CNc1ncccc1C(=O)Nc1cccnc1N1CCC(CO)CC1. The maximum absolute atomic E-state index is 12.7. The molecule has 0 aromatic carbocycles. The minimum atomic E-state index is -0.225. The summed E-state index contributed by atoms with van der Waals surface area (Å²) in [6, 6.07) is 7.13. The van der Waals surface area contributed by atoms with Crippen LogP contribution in [0.3, 0.4) is 0 Å². The molecular formula is C18H23N5O2. The van der Waals surface area contributed by atoms with Gasteiger partial charge in [-0.25, -0.2) is 9.97 Å². The van der Waals surface area contributed by atoms with E-state index in [9.17, 15) is 9.90 Å². The number of hydrogen-bond acceptors (Lipinski definition) is 6. The second-order valence-corrected chi connectivity index (χ2v) is 6.09. The standard InChI is InChI=1S/C18H23N5O2/c1-19-16-14(4-2-8-20-16)18(25)22-15-5-3-9-21-17(15)23-10-6-13(12-24)7-11-23/h2-5,8-9,13,24H,6-7,10-12H2,1H3,(H,19,20)(H,22,25). The molecule has 0 spiro atoms. The third-order valence-corrected chi connectivity index (χ3v) is 4.50. The molecule has 3 rings (SSSR count). The van der Waals surface area contributed by atoms with Crippen LogP contribution in [0.5, 0.6) is 0 Å². The van der Waals surface area contributed by atoms with Crippen molar-refractivity contribution in [3.05, 3.63) is 42.2 Å². The average Bonchev–Trinajstić information content (AvgIpc) is 2.68. The number of aliphatic hydroxyl groups excluding tert-OH is 1. The predicted octanol–water partition coefficient (Wildman–Crippen LogP) is 1.98. The Hall–Kier alpha value is -2.67. The Morgan fingerprint density at radius 1 is 1.24 bits per heavy atom. The lowest BCUT2D eigenvalue weighted by molar-refractivity contribution is 0.102. The van der Waals surface area contributed by atoms with E-state index in [1.165, 1.54) is 0 Å². The third kappa shape index (κ3) is 3.88. The number of nitrogens with one attached hydrogen (secondary N) is 2. The third-order valence-electron chi connectivity index (χ3n) is 4.50. The van der Waals surface area contributed by atoms with Crippen LogP contribution in [0.15, 0.2) is 36.7 Å². The first-order valence-electron chi connectivity index (χ1n) is 8.48. The molecule has 7 heteroatoms. The molecule has 3 N–H and O–H groups in total. The molecule has 0 saturated carbocycles. The van der Waals surface area contributed by atoms with E-state index >= 15 is 0 Å². The first-order chi connectivity index (χ1) is 12.2.